The van der Waals surface area contributed by atoms with Crippen molar-refractivity contribution in [3.8, 4) is 17.6 Å². The second-order valence-corrected chi connectivity index (χ2v) is 7.17. The van der Waals surface area contributed by atoms with E-state index in [0.717, 1.165) is 11.3 Å². The molecule has 4 aromatic rings. The topological polar surface area (TPSA) is 73.6 Å². The number of nitrogens with zero attached hydrogens (tertiary/aromatic N) is 1. The lowest BCUT2D eigenvalue weighted by molar-refractivity contribution is -0.122. The van der Waals surface area contributed by atoms with Crippen molar-refractivity contribution < 1.29 is 18.7 Å². The minimum Gasteiger partial charge on any atom is -0.481 e. The van der Waals surface area contributed by atoms with Crippen molar-refractivity contribution in [1.82, 2.24) is 4.98 Å². The Bertz CT molecular complexity index is 1190. The number of aryl methyl sites for hydroxylation is 1. The highest BCUT2D eigenvalue weighted by molar-refractivity contribution is 6.31. The Balaban J connectivity index is 1.37. The maximum absolute atomic E-state index is 12.4. The van der Waals surface area contributed by atoms with Gasteiger partial charge in [-0.1, -0.05) is 29.8 Å². The summed E-state index contributed by atoms with van der Waals surface area (Å²) in [7, 11) is 0. The van der Waals surface area contributed by atoms with E-state index < -0.39 is 6.10 Å². The number of carbonyl (C=O) groups is 1. The molecule has 0 bridgehead atoms. The summed E-state index contributed by atoms with van der Waals surface area (Å²) in [4.78, 5) is 16.7. The molecule has 7 heteroatoms. The summed E-state index contributed by atoms with van der Waals surface area (Å²) in [6, 6.07) is 19.6. The Labute approximate surface area is 178 Å². The van der Waals surface area contributed by atoms with Gasteiger partial charge >= 0.3 is 6.08 Å². The van der Waals surface area contributed by atoms with Crippen LogP contribution >= 0.6 is 11.6 Å². The zero-order valence-electron chi connectivity index (χ0n) is 16.4. The average Bonchev–Trinajstić information content (AvgIpc) is 3.12. The summed E-state index contributed by atoms with van der Waals surface area (Å²) in [6.45, 7) is 3.63. The first kappa shape index (κ1) is 19.8. The molecule has 0 saturated heterocycles. The molecule has 152 valence electrons. The zero-order valence-corrected chi connectivity index (χ0v) is 17.1. The van der Waals surface area contributed by atoms with E-state index in [1.54, 1.807) is 49.4 Å². The molecule has 6 nitrogen and oxygen atoms in total. The molecule has 1 unspecified atom stereocenters. The van der Waals surface area contributed by atoms with Crippen LogP contribution in [0.2, 0.25) is 5.02 Å². The summed E-state index contributed by atoms with van der Waals surface area (Å²) in [5, 5.41) is 3.43. The van der Waals surface area contributed by atoms with E-state index in [9.17, 15) is 4.79 Å². The Hall–Kier alpha value is -3.51. The number of ether oxygens (including phenoxy) is 2. The molecular formula is C23H19ClN2O4. The third-order valence-electron chi connectivity index (χ3n) is 4.44. The Morgan fingerprint density at radius 1 is 1.07 bits per heavy atom. The average molecular weight is 423 g/mol. The number of hydrogen-bond donors (Lipinski definition) is 1. The zero-order chi connectivity index (χ0) is 21.1. The smallest absolute Gasteiger partial charge is 0.400 e. The number of benzene rings is 3. The molecule has 0 fully saturated rings. The number of hydrogen-bond acceptors (Lipinski definition) is 5. The molecular weight excluding hydrogens is 404 g/mol. The molecule has 4 rings (SSSR count). The van der Waals surface area contributed by atoms with E-state index in [2.05, 4.69) is 10.3 Å². The van der Waals surface area contributed by atoms with Crippen LogP contribution in [-0.4, -0.2) is 17.0 Å². The van der Waals surface area contributed by atoms with Gasteiger partial charge < -0.3 is 19.2 Å². The van der Waals surface area contributed by atoms with Gasteiger partial charge in [-0.05, 0) is 61.9 Å². The normalized spacial score (nSPS) is 11.8. The number of carbonyl (C=O) groups excluding carboxylic acids is 1. The minimum absolute atomic E-state index is 0.118. The summed E-state index contributed by atoms with van der Waals surface area (Å²) < 4.78 is 16.9. The molecule has 0 aliphatic heterocycles. The number of para-hydroxylation sites is 1. The number of halogens is 1. The minimum atomic E-state index is -0.668. The van der Waals surface area contributed by atoms with Gasteiger partial charge in [0.1, 0.15) is 17.0 Å². The van der Waals surface area contributed by atoms with Crippen LogP contribution in [0.25, 0.3) is 11.1 Å². The first-order valence-electron chi connectivity index (χ1n) is 9.35. The second-order valence-electron chi connectivity index (χ2n) is 6.73. The van der Waals surface area contributed by atoms with E-state index in [-0.39, 0.29) is 12.0 Å². The van der Waals surface area contributed by atoms with Crippen molar-refractivity contribution in [2.24, 2.45) is 0 Å². The van der Waals surface area contributed by atoms with Gasteiger partial charge in [0.05, 0.1) is 0 Å². The molecule has 0 aliphatic carbocycles. The highest BCUT2D eigenvalue weighted by Gasteiger charge is 2.16. The van der Waals surface area contributed by atoms with Gasteiger partial charge in [0.15, 0.2) is 11.7 Å². The van der Waals surface area contributed by atoms with Crippen molar-refractivity contribution in [3.05, 3.63) is 77.3 Å². The molecule has 30 heavy (non-hydrogen) atoms. The van der Waals surface area contributed by atoms with Gasteiger partial charge in [-0.3, -0.25) is 4.79 Å². The lowest BCUT2D eigenvalue weighted by Crippen LogP contribution is -2.30. The van der Waals surface area contributed by atoms with Crippen molar-refractivity contribution in [2.45, 2.75) is 20.0 Å². The maximum Gasteiger partial charge on any atom is 0.400 e. The van der Waals surface area contributed by atoms with Crippen molar-refractivity contribution >= 4 is 34.3 Å². The van der Waals surface area contributed by atoms with Gasteiger partial charge in [-0.25, -0.2) is 0 Å². The maximum atomic E-state index is 12.4. The van der Waals surface area contributed by atoms with Gasteiger partial charge in [0, 0.05) is 16.8 Å². The van der Waals surface area contributed by atoms with Crippen LogP contribution in [0.3, 0.4) is 0 Å². The first-order chi connectivity index (χ1) is 14.5. The number of nitrogens with one attached hydrogen (secondary N) is 1. The third-order valence-corrected chi connectivity index (χ3v) is 4.68. The molecule has 3 aromatic carbocycles. The van der Waals surface area contributed by atoms with Gasteiger partial charge in [-0.2, -0.15) is 4.98 Å². The molecule has 1 N–H and O–H groups in total. The van der Waals surface area contributed by atoms with Crippen LogP contribution in [0, 0.1) is 6.92 Å². The molecule has 1 heterocycles. The van der Waals surface area contributed by atoms with E-state index in [1.807, 2.05) is 31.2 Å². The lowest BCUT2D eigenvalue weighted by Gasteiger charge is -2.16. The van der Waals surface area contributed by atoms with Crippen LogP contribution < -0.4 is 14.8 Å². The first-order valence-corrected chi connectivity index (χ1v) is 9.73. The van der Waals surface area contributed by atoms with E-state index >= 15 is 0 Å². The number of rotatable bonds is 6. The van der Waals surface area contributed by atoms with Crippen LogP contribution in [0.15, 0.2) is 71.1 Å². The second kappa shape index (κ2) is 8.47. The summed E-state index contributed by atoms with van der Waals surface area (Å²) in [6.07, 6.45) is -0.551. The predicted octanol–water partition coefficient (Wildman–Crippen LogP) is 5.99. The molecule has 0 radical (unpaired) electrons. The van der Waals surface area contributed by atoms with Crippen molar-refractivity contribution in [1.29, 1.82) is 0 Å². The highest BCUT2D eigenvalue weighted by Crippen LogP contribution is 2.28. The molecule has 0 aliphatic rings. The largest absolute Gasteiger partial charge is 0.481 e. The molecule has 0 saturated carbocycles. The van der Waals surface area contributed by atoms with E-state index in [1.165, 1.54) is 0 Å². The summed E-state index contributed by atoms with van der Waals surface area (Å²) in [5.41, 5.74) is 2.95. The van der Waals surface area contributed by atoms with Crippen LogP contribution in [-0.2, 0) is 4.79 Å². The monoisotopic (exact) mass is 422 g/mol. The number of aromatic nitrogens is 1. The van der Waals surface area contributed by atoms with Crippen molar-refractivity contribution in [3.63, 3.8) is 0 Å². The Kier molecular flexibility index (Phi) is 5.59. The fraction of sp³-hybridized carbons (Fsp3) is 0.130. The SMILES string of the molecule is Cc1ccccc1NC(=O)C(C)Oc1ccc(Oc2nc3ccc(Cl)cc3o2)cc1. The standard InChI is InChI=1S/C23H19ClN2O4/c1-14-5-3-4-6-19(14)25-22(27)15(2)28-17-8-10-18(11-9-17)29-23-26-20-12-7-16(24)13-21(20)30-23/h3-13,15H,1-2H3,(H,25,27). The number of amides is 1. The summed E-state index contributed by atoms with van der Waals surface area (Å²) >= 11 is 5.95. The van der Waals surface area contributed by atoms with Gasteiger partial charge in [0.2, 0.25) is 0 Å². The number of anilines is 1. The Morgan fingerprint density at radius 2 is 1.80 bits per heavy atom. The van der Waals surface area contributed by atoms with Crippen LogP contribution in [0.4, 0.5) is 5.69 Å². The van der Waals surface area contributed by atoms with E-state index in [0.29, 0.717) is 27.6 Å². The number of oxazole rings is 1. The lowest BCUT2D eigenvalue weighted by atomic mass is 10.2. The molecule has 1 amide bonds. The predicted molar refractivity (Wildman–Crippen MR) is 115 cm³/mol. The molecule has 1 atom stereocenters. The van der Waals surface area contributed by atoms with Crippen LogP contribution in [0.1, 0.15) is 12.5 Å². The number of fused-ring (bicyclic) bond motifs is 1. The van der Waals surface area contributed by atoms with E-state index in [4.69, 9.17) is 25.5 Å². The van der Waals surface area contributed by atoms with Gasteiger partial charge in [-0.15, -0.1) is 0 Å². The fourth-order valence-corrected chi connectivity index (χ4v) is 2.98. The fourth-order valence-electron chi connectivity index (χ4n) is 2.81. The third kappa shape index (κ3) is 4.55. The quantitative estimate of drug-likeness (QED) is 0.413. The van der Waals surface area contributed by atoms with Gasteiger partial charge in [0.25, 0.3) is 5.91 Å². The Morgan fingerprint density at radius 3 is 2.57 bits per heavy atom. The molecule has 0 spiro atoms. The summed E-state index contributed by atoms with van der Waals surface area (Å²) in [5.74, 6) is 0.839. The van der Waals surface area contributed by atoms with Crippen molar-refractivity contribution in [2.75, 3.05) is 5.32 Å². The molecule has 1 aromatic heterocycles. The van der Waals surface area contributed by atoms with Crippen LogP contribution in [0.5, 0.6) is 17.6 Å². The highest BCUT2D eigenvalue weighted by atomic mass is 35.5.